The third kappa shape index (κ3) is 11.7. The molecule has 6 amide bonds. The molecule has 2 atom stereocenters. The maximum Gasteiger partial charge on any atom is 0.435 e. The van der Waals surface area contributed by atoms with E-state index in [2.05, 4.69) is 30.6 Å². The van der Waals surface area contributed by atoms with E-state index < -0.39 is 47.6 Å². The maximum absolute atomic E-state index is 14.1. The van der Waals surface area contributed by atoms with Crippen LogP contribution in [0.3, 0.4) is 0 Å². The number of benzene rings is 2. The quantitative estimate of drug-likeness (QED) is 0.138. The molecular weight excluding hydrogens is 1030 g/mol. The summed E-state index contributed by atoms with van der Waals surface area (Å²) >= 11 is 0. The highest BCUT2D eigenvalue weighted by Gasteiger charge is 2.41. The average molecular weight is 1090 g/mol. The highest BCUT2D eigenvalue weighted by atomic mass is 19.4. The van der Waals surface area contributed by atoms with Crippen LogP contribution in [0, 0.1) is 6.92 Å². The summed E-state index contributed by atoms with van der Waals surface area (Å²) < 4.78 is 87.6. The smallest absolute Gasteiger partial charge is 0.331 e. The van der Waals surface area contributed by atoms with E-state index >= 15 is 0 Å². The van der Waals surface area contributed by atoms with E-state index in [1.807, 2.05) is 6.92 Å². The summed E-state index contributed by atoms with van der Waals surface area (Å²) in [4.78, 5) is 82.4. The molecule has 410 valence electrons. The van der Waals surface area contributed by atoms with Crippen LogP contribution in [0.4, 0.5) is 47.6 Å². The van der Waals surface area contributed by atoms with Crippen molar-refractivity contribution in [3.05, 3.63) is 156 Å². The topological polar surface area (TPSA) is 191 Å². The van der Waals surface area contributed by atoms with Crippen molar-refractivity contribution in [1.82, 2.24) is 58.3 Å². The molecule has 2 aliphatic heterocycles. The number of hydrogen-bond donors (Lipinski definition) is 2. The second kappa shape index (κ2) is 22.6. The number of imidazole rings is 2. The molecule has 24 heteroatoms. The van der Waals surface area contributed by atoms with Crippen molar-refractivity contribution >= 4 is 46.5 Å². The number of likely N-dealkylation sites (tertiary alicyclic amines) is 2. The van der Waals surface area contributed by atoms with Crippen molar-refractivity contribution in [2.45, 2.75) is 69.9 Å². The number of fused-ring (bicyclic) bond motifs is 2. The van der Waals surface area contributed by atoms with E-state index in [1.165, 1.54) is 55.3 Å². The van der Waals surface area contributed by atoms with Crippen LogP contribution in [-0.4, -0.2) is 123 Å². The van der Waals surface area contributed by atoms with E-state index in [1.54, 1.807) is 105 Å². The number of aromatic nitrogens is 8. The van der Waals surface area contributed by atoms with Gasteiger partial charge < -0.3 is 30.2 Å². The van der Waals surface area contributed by atoms with Gasteiger partial charge in [0.1, 0.15) is 34.3 Å². The van der Waals surface area contributed by atoms with Gasteiger partial charge in [0.25, 0.3) is 11.8 Å². The van der Waals surface area contributed by atoms with Crippen molar-refractivity contribution < 1.29 is 45.5 Å². The lowest BCUT2D eigenvalue weighted by molar-refractivity contribution is -0.140. The summed E-state index contributed by atoms with van der Waals surface area (Å²) in [5, 5.41) is 5.40. The average Bonchev–Trinajstić information content (AvgIpc) is 4.12. The first-order valence-corrected chi connectivity index (χ1v) is 25.2. The fourth-order valence-corrected chi connectivity index (χ4v) is 9.76. The second-order valence-corrected chi connectivity index (χ2v) is 19.4. The molecule has 6 aromatic heterocycles. The largest absolute Gasteiger partial charge is 0.435 e. The molecule has 2 aromatic carbocycles. The lowest BCUT2D eigenvalue weighted by Crippen LogP contribution is -2.44. The van der Waals surface area contributed by atoms with Crippen LogP contribution in [0.25, 0.3) is 33.5 Å². The number of nitrogens with one attached hydrogen (secondary N) is 2. The van der Waals surface area contributed by atoms with Crippen LogP contribution in [0.1, 0.15) is 99.9 Å². The van der Waals surface area contributed by atoms with Gasteiger partial charge in [0.15, 0.2) is 11.4 Å². The summed E-state index contributed by atoms with van der Waals surface area (Å²) in [6.07, 6.45) is 3.08. The highest BCUT2D eigenvalue weighted by Crippen LogP contribution is 2.42. The molecule has 0 bridgehead atoms. The molecule has 2 fully saturated rings. The van der Waals surface area contributed by atoms with Crippen LogP contribution < -0.4 is 10.6 Å². The van der Waals surface area contributed by atoms with Crippen molar-refractivity contribution in [3.63, 3.8) is 0 Å². The molecular formula is C55H54F6N14O4. The lowest BCUT2D eigenvalue weighted by Gasteiger charge is -2.36. The Labute approximate surface area is 449 Å². The monoisotopic (exact) mass is 1090 g/mol. The SMILES string of the molecule is CN(C)C(=O)N1CCCC[C@H]1c1nc(-c2ccc(C(=O)Nc3ccccn3)cc2)c2c(C(F)(F)F)nccn12.Cc1ccnc(NC(=O)c2ccc(-c3nc([C@@H]4CCCCN4C(=O)N(C)C)n4ccnc(C(F)(F)F)c34)cc2)c1. The Morgan fingerprint density at radius 2 is 0.987 bits per heavy atom. The van der Waals surface area contributed by atoms with Crippen LogP contribution in [0.5, 0.6) is 0 Å². The Kier molecular flexibility index (Phi) is 15.7. The molecule has 0 aliphatic carbocycles. The minimum atomic E-state index is -4.74. The van der Waals surface area contributed by atoms with Crippen molar-refractivity contribution in [1.29, 1.82) is 0 Å². The zero-order valence-electron chi connectivity index (χ0n) is 43.5. The molecule has 0 spiro atoms. The van der Waals surface area contributed by atoms with E-state index in [9.17, 15) is 45.5 Å². The molecule has 2 N–H and O–H groups in total. The summed E-state index contributed by atoms with van der Waals surface area (Å²) in [7, 11) is 6.56. The van der Waals surface area contributed by atoms with Crippen LogP contribution in [0.15, 0.2) is 116 Å². The van der Waals surface area contributed by atoms with Gasteiger partial charge in [-0.05, 0) is 99.5 Å². The number of hydrogen-bond acceptors (Lipinski definition) is 10. The number of anilines is 2. The van der Waals surface area contributed by atoms with Crippen LogP contribution >= 0.6 is 0 Å². The number of aryl methyl sites for hydroxylation is 1. The zero-order chi connectivity index (χ0) is 56.3. The number of halogens is 6. The van der Waals surface area contributed by atoms with Gasteiger partial charge in [0.05, 0.1) is 23.5 Å². The van der Waals surface area contributed by atoms with Crippen molar-refractivity contribution in [2.75, 3.05) is 51.9 Å². The van der Waals surface area contributed by atoms with Gasteiger partial charge in [-0.2, -0.15) is 26.3 Å². The van der Waals surface area contributed by atoms with Gasteiger partial charge >= 0.3 is 24.4 Å². The Morgan fingerprint density at radius 3 is 1.39 bits per heavy atom. The molecule has 0 radical (unpaired) electrons. The van der Waals surface area contributed by atoms with Crippen LogP contribution in [0.2, 0.25) is 0 Å². The number of piperidine rings is 2. The number of nitrogens with zero attached hydrogens (tertiary/aromatic N) is 12. The number of carbonyl (C=O) groups excluding carboxylic acids is 4. The Morgan fingerprint density at radius 1 is 0.544 bits per heavy atom. The molecule has 10 rings (SSSR count). The van der Waals surface area contributed by atoms with Gasteiger partial charge in [-0.25, -0.2) is 39.5 Å². The normalized spacial score (nSPS) is 15.8. The number of urea groups is 2. The Balaban J connectivity index is 0.000000192. The predicted molar refractivity (Wildman–Crippen MR) is 281 cm³/mol. The van der Waals surface area contributed by atoms with Crippen molar-refractivity contribution in [3.8, 4) is 22.5 Å². The zero-order valence-corrected chi connectivity index (χ0v) is 43.5. The molecule has 0 unspecified atom stereocenters. The van der Waals surface area contributed by atoms with E-state index in [0.717, 1.165) is 43.6 Å². The van der Waals surface area contributed by atoms with Gasteiger partial charge in [0.2, 0.25) is 0 Å². The molecule has 8 heterocycles. The molecule has 8 aromatic rings. The van der Waals surface area contributed by atoms with E-state index in [0.29, 0.717) is 71.5 Å². The molecule has 2 saturated heterocycles. The van der Waals surface area contributed by atoms with Gasteiger partial charge in [-0.15, -0.1) is 0 Å². The minimum absolute atomic E-state index is 0.0740. The first kappa shape index (κ1) is 54.8. The number of amides is 6. The molecule has 0 saturated carbocycles. The number of pyridine rings is 2. The third-order valence-electron chi connectivity index (χ3n) is 13.5. The summed E-state index contributed by atoms with van der Waals surface area (Å²) in [6, 6.07) is 19.5. The van der Waals surface area contributed by atoms with Gasteiger partial charge in [-0.1, -0.05) is 30.3 Å². The maximum atomic E-state index is 14.1. The van der Waals surface area contributed by atoms with Gasteiger partial charge in [0, 0.05) is 101 Å². The fourth-order valence-electron chi connectivity index (χ4n) is 9.76. The summed E-state index contributed by atoms with van der Waals surface area (Å²) in [6.45, 7) is 2.83. The highest BCUT2D eigenvalue weighted by molar-refractivity contribution is 6.05. The summed E-state index contributed by atoms with van der Waals surface area (Å²) in [5.74, 6) is 0.622. The molecule has 79 heavy (non-hydrogen) atoms. The first-order valence-electron chi connectivity index (χ1n) is 25.2. The first-order chi connectivity index (χ1) is 37.7. The summed E-state index contributed by atoms with van der Waals surface area (Å²) in [5.41, 5.74) is -0.0903. The Bertz CT molecular complexity index is 3530. The molecule has 18 nitrogen and oxygen atoms in total. The lowest BCUT2D eigenvalue weighted by atomic mass is 10.0. The van der Waals surface area contributed by atoms with Crippen LogP contribution in [-0.2, 0) is 12.4 Å². The number of rotatable bonds is 8. The number of alkyl halides is 6. The van der Waals surface area contributed by atoms with E-state index in [-0.39, 0.29) is 34.5 Å². The fraction of sp³-hybridized carbons (Fsp3) is 0.309. The van der Waals surface area contributed by atoms with E-state index in [4.69, 9.17) is 9.97 Å². The predicted octanol–water partition coefficient (Wildman–Crippen LogP) is 10.9. The Hall–Kier alpha value is -8.96. The van der Waals surface area contributed by atoms with Gasteiger partial charge in [-0.3, -0.25) is 18.4 Å². The second-order valence-electron chi connectivity index (χ2n) is 19.4. The van der Waals surface area contributed by atoms with Crippen molar-refractivity contribution in [2.24, 2.45) is 0 Å². The standard InChI is InChI=1S/C28H28F3N7O2.C27H26F3N7O2/c1-17-11-12-32-21(16-17)34-26(39)19-9-7-18(8-10-19)22-23-24(28(29,30)31)33-13-15-38(23)25(35-22)20-6-4-5-14-37(20)27(40)36(2)3;1-35(2)26(39)36-15-6-4-7-19(36)24-34-21(22-23(27(28,29)30)32-14-16-37(22)24)17-9-11-18(12-10-17)25(38)33-20-8-3-5-13-31-20/h7-13,15-16,20H,4-6,14H2,1-3H3,(H,32,34,39);3,5,8-14,16,19H,4,6-7,15H2,1-2H3,(H,31,33,38)/t20-;19-/m00/s1. The number of carbonyl (C=O) groups is 4. The molecule has 2 aliphatic rings. The third-order valence-corrected chi connectivity index (χ3v) is 13.5. The minimum Gasteiger partial charge on any atom is -0.331 e.